The summed E-state index contributed by atoms with van der Waals surface area (Å²) in [5.41, 5.74) is 0.567. The van der Waals surface area contributed by atoms with Gasteiger partial charge in [-0.1, -0.05) is 30.3 Å². The highest BCUT2D eigenvalue weighted by atomic mass is 16.5. The molecule has 1 aliphatic heterocycles. The molecule has 0 aromatic heterocycles. The Labute approximate surface area is 116 Å². The minimum atomic E-state index is -0.988. The minimum Gasteiger partial charge on any atom is -0.380 e. The quantitative estimate of drug-likeness (QED) is 0.828. The Balaban J connectivity index is 2.27. The number of carbonyl (C=O) groups excluding carboxylic acids is 3. The molecule has 0 aliphatic carbocycles. The second kappa shape index (κ2) is 5.83. The molecule has 1 fully saturated rings. The number of hydrogen-bond acceptors (Lipinski definition) is 4. The summed E-state index contributed by atoms with van der Waals surface area (Å²) in [7, 11) is 1.50. The van der Waals surface area contributed by atoms with Crippen LogP contribution in [0.4, 0.5) is 4.79 Å². The molecule has 0 radical (unpaired) electrons. The van der Waals surface area contributed by atoms with E-state index in [-0.39, 0.29) is 12.6 Å². The van der Waals surface area contributed by atoms with Gasteiger partial charge >= 0.3 is 6.03 Å². The van der Waals surface area contributed by atoms with Crippen molar-refractivity contribution in [2.45, 2.75) is 18.9 Å². The number of imide groups is 2. The SMILES string of the molecule is COC(C)CN1C(=O)NC(=O)C(c2ccccc2)C1=O. The molecule has 0 spiro atoms. The Hall–Kier alpha value is -2.21. The molecule has 2 rings (SSSR count). The zero-order valence-electron chi connectivity index (χ0n) is 11.3. The maximum atomic E-state index is 12.4. The van der Waals surface area contributed by atoms with Gasteiger partial charge in [-0.3, -0.25) is 19.8 Å². The summed E-state index contributed by atoms with van der Waals surface area (Å²) in [6.07, 6.45) is -0.297. The summed E-state index contributed by atoms with van der Waals surface area (Å²) in [5.74, 6) is -2.10. The largest absolute Gasteiger partial charge is 0.380 e. The van der Waals surface area contributed by atoms with Crippen LogP contribution in [0.1, 0.15) is 18.4 Å². The maximum Gasteiger partial charge on any atom is 0.330 e. The molecule has 1 aromatic carbocycles. The Morgan fingerprint density at radius 2 is 1.90 bits per heavy atom. The van der Waals surface area contributed by atoms with Crippen LogP contribution in [-0.2, 0) is 14.3 Å². The van der Waals surface area contributed by atoms with Gasteiger partial charge in [0.05, 0.1) is 12.6 Å². The van der Waals surface area contributed by atoms with Crippen molar-refractivity contribution < 1.29 is 19.1 Å². The molecule has 1 saturated heterocycles. The predicted octanol–water partition coefficient (Wildman–Crippen LogP) is 0.883. The van der Waals surface area contributed by atoms with Gasteiger partial charge in [0.15, 0.2) is 0 Å². The molecular formula is C14H16N2O4. The number of carbonyl (C=O) groups is 3. The Morgan fingerprint density at radius 3 is 2.50 bits per heavy atom. The predicted molar refractivity (Wildman–Crippen MR) is 70.9 cm³/mol. The van der Waals surface area contributed by atoms with Gasteiger partial charge in [-0.2, -0.15) is 0 Å². The van der Waals surface area contributed by atoms with Crippen LogP contribution in [0.25, 0.3) is 0 Å². The number of rotatable bonds is 4. The monoisotopic (exact) mass is 276 g/mol. The zero-order valence-corrected chi connectivity index (χ0v) is 11.3. The molecule has 2 unspecified atom stereocenters. The average molecular weight is 276 g/mol. The van der Waals surface area contributed by atoms with E-state index in [1.165, 1.54) is 7.11 Å². The topological polar surface area (TPSA) is 75.7 Å². The number of urea groups is 1. The zero-order chi connectivity index (χ0) is 14.7. The third kappa shape index (κ3) is 2.70. The second-order valence-corrected chi connectivity index (χ2v) is 4.63. The van der Waals surface area contributed by atoms with Crippen molar-refractivity contribution in [3.05, 3.63) is 35.9 Å². The lowest BCUT2D eigenvalue weighted by atomic mass is 9.95. The summed E-state index contributed by atoms with van der Waals surface area (Å²) in [4.78, 5) is 37.1. The first-order chi connectivity index (χ1) is 9.54. The number of methoxy groups -OCH3 is 1. The van der Waals surface area contributed by atoms with E-state index >= 15 is 0 Å². The molecule has 1 N–H and O–H groups in total. The van der Waals surface area contributed by atoms with Crippen LogP contribution in [0.5, 0.6) is 0 Å². The van der Waals surface area contributed by atoms with Gasteiger partial charge in [0.2, 0.25) is 11.8 Å². The molecular weight excluding hydrogens is 260 g/mol. The average Bonchev–Trinajstić information content (AvgIpc) is 2.44. The van der Waals surface area contributed by atoms with Crippen LogP contribution in [0.2, 0.25) is 0 Å². The minimum absolute atomic E-state index is 0.109. The van der Waals surface area contributed by atoms with Crippen molar-refractivity contribution in [2.24, 2.45) is 0 Å². The molecule has 20 heavy (non-hydrogen) atoms. The van der Waals surface area contributed by atoms with Crippen molar-refractivity contribution >= 4 is 17.8 Å². The van der Waals surface area contributed by atoms with Crippen LogP contribution in [-0.4, -0.2) is 42.5 Å². The lowest BCUT2D eigenvalue weighted by Gasteiger charge is -2.31. The van der Waals surface area contributed by atoms with Crippen LogP contribution in [0, 0.1) is 0 Å². The molecule has 1 heterocycles. The lowest BCUT2D eigenvalue weighted by molar-refractivity contribution is -0.139. The third-order valence-corrected chi connectivity index (χ3v) is 3.23. The number of hydrogen-bond donors (Lipinski definition) is 1. The summed E-state index contributed by atoms with van der Waals surface area (Å²) in [6, 6.07) is 7.97. The van der Waals surface area contributed by atoms with Crippen molar-refractivity contribution in [2.75, 3.05) is 13.7 Å². The van der Waals surface area contributed by atoms with Crippen molar-refractivity contribution in [1.29, 1.82) is 0 Å². The van der Waals surface area contributed by atoms with Crippen molar-refractivity contribution in [1.82, 2.24) is 10.2 Å². The number of nitrogens with one attached hydrogen (secondary N) is 1. The van der Waals surface area contributed by atoms with Gasteiger partial charge < -0.3 is 4.74 Å². The first-order valence-electron chi connectivity index (χ1n) is 6.28. The number of benzene rings is 1. The smallest absolute Gasteiger partial charge is 0.330 e. The van der Waals surface area contributed by atoms with E-state index in [0.29, 0.717) is 5.56 Å². The van der Waals surface area contributed by atoms with Crippen LogP contribution < -0.4 is 5.32 Å². The standard InChI is InChI=1S/C14H16N2O4/c1-9(20-2)8-16-13(18)11(12(17)15-14(16)19)10-6-4-3-5-7-10/h3-7,9,11H,8H2,1-2H3,(H,15,17,19). The van der Waals surface area contributed by atoms with E-state index in [9.17, 15) is 14.4 Å². The second-order valence-electron chi connectivity index (χ2n) is 4.63. The molecule has 1 aliphatic rings. The van der Waals surface area contributed by atoms with Gasteiger partial charge in [0.25, 0.3) is 0 Å². The van der Waals surface area contributed by atoms with E-state index in [1.807, 2.05) is 0 Å². The van der Waals surface area contributed by atoms with E-state index in [2.05, 4.69) is 5.32 Å². The Kier molecular flexibility index (Phi) is 4.14. The summed E-state index contributed by atoms with van der Waals surface area (Å²) >= 11 is 0. The van der Waals surface area contributed by atoms with Gasteiger partial charge in [-0.05, 0) is 12.5 Å². The number of amides is 4. The van der Waals surface area contributed by atoms with Crippen LogP contribution in [0.15, 0.2) is 30.3 Å². The number of barbiturate groups is 1. The first-order valence-corrected chi connectivity index (χ1v) is 6.28. The third-order valence-electron chi connectivity index (χ3n) is 3.23. The Bertz CT molecular complexity index is 529. The van der Waals surface area contributed by atoms with E-state index in [4.69, 9.17) is 4.74 Å². The summed E-state index contributed by atoms with van der Waals surface area (Å²) in [5, 5.41) is 2.21. The molecule has 6 heteroatoms. The van der Waals surface area contributed by atoms with Crippen LogP contribution in [0.3, 0.4) is 0 Å². The highest BCUT2D eigenvalue weighted by Crippen LogP contribution is 2.22. The van der Waals surface area contributed by atoms with Gasteiger partial charge in [-0.25, -0.2) is 4.79 Å². The molecule has 6 nitrogen and oxygen atoms in total. The van der Waals surface area contributed by atoms with E-state index in [1.54, 1.807) is 37.3 Å². The first kappa shape index (κ1) is 14.2. The summed E-state index contributed by atoms with van der Waals surface area (Å²) in [6.45, 7) is 1.85. The Morgan fingerprint density at radius 1 is 1.25 bits per heavy atom. The molecule has 1 aromatic rings. The van der Waals surface area contributed by atoms with Gasteiger partial charge in [0.1, 0.15) is 5.92 Å². The van der Waals surface area contributed by atoms with Gasteiger partial charge in [0, 0.05) is 7.11 Å². The molecule has 106 valence electrons. The number of ether oxygens (including phenoxy) is 1. The van der Waals surface area contributed by atoms with E-state index < -0.39 is 23.8 Å². The fourth-order valence-electron chi connectivity index (χ4n) is 2.06. The normalized spacial score (nSPS) is 20.8. The van der Waals surface area contributed by atoms with Crippen LogP contribution >= 0.6 is 0 Å². The summed E-state index contributed by atoms with van der Waals surface area (Å²) < 4.78 is 5.06. The van der Waals surface area contributed by atoms with Gasteiger partial charge in [-0.15, -0.1) is 0 Å². The van der Waals surface area contributed by atoms with Crippen molar-refractivity contribution in [3.8, 4) is 0 Å². The molecule has 2 atom stereocenters. The lowest BCUT2D eigenvalue weighted by Crippen LogP contribution is -2.58. The highest BCUT2D eigenvalue weighted by Gasteiger charge is 2.41. The fraction of sp³-hybridized carbons (Fsp3) is 0.357. The molecule has 4 amide bonds. The van der Waals surface area contributed by atoms with Crippen molar-refractivity contribution in [3.63, 3.8) is 0 Å². The highest BCUT2D eigenvalue weighted by molar-refractivity contribution is 6.19. The number of nitrogens with zero attached hydrogens (tertiary/aromatic N) is 1. The molecule has 0 saturated carbocycles. The fourth-order valence-corrected chi connectivity index (χ4v) is 2.06. The molecule has 0 bridgehead atoms. The maximum absolute atomic E-state index is 12.4. The van der Waals surface area contributed by atoms with E-state index in [0.717, 1.165) is 4.90 Å².